The Morgan fingerprint density at radius 1 is 1.17 bits per heavy atom. The van der Waals surface area contributed by atoms with E-state index >= 15 is 0 Å². The maximum atomic E-state index is 5.36. The molecule has 2 heterocycles. The van der Waals surface area contributed by atoms with Crippen molar-refractivity contribution in [3.05, 3.63) is 18.5 Å². The summed E-state index contributed by atoms with van der Waals surface area (Å²) in [5, 5.41) is 12.4. The van der Waals surface area contributed by atoms with Gasteiger partial charge >= 0.3 is 0 Å². The van der Waals surface area contributed by atoms with Crippen molar-refractivity contribution < 1.29 is 9.47 Å². The van der Waals surface area contributed by atoms with Crippen LogP contribution in [0.25, 0.3) is 16.6 Å². The van der Waals surface area contributed by atoms with E-state index in [1.165, 1.54) is 0 Å². The van der Waals surface area contributed by atoms with Gasteiger partial charge in [-0.2, -0.15) is 0 Å². The average Bonchev–Trinajstić information content (AvgIpc) is 3.03. The first kappa shape index (κ1) is 15.3. The Morgan fingerprint density at radius 2 is 1.91 bits per heavy atom. The molecule has 0 spiro atoms. The summed E-state index contributed by atoms with van der Waals surface area (Å²) in [6.07, 6.45) is 1.65. The predicted octanol–water partition coefficient (Wildman–Crippen LogP) is 1.27. The number of hydrogen-bond acceptors (Lipinski definition) is 7. The summed E-state index contributed by atoms with van der Waals surface area (Å²) < 4.78 is 12.6. The van der Waals surface area contributed by atoms with Crippen molar-refractivity contribution in [2.45, 2.75) is 0 Å². The summed E-state index contributed by atoms with van der Waals surface area (Å²) >= 11 is 0. The van der Waals surface area contributed by atoms with Crippen LogP contribution in [0.5, 0.6) is 11.5 Å². The Kier molecular flexibility index (Phi) is 4.16. The molecule has 0 radical (unpaired) electrons. The third kappa shape index (κ3) is 2.85. The predicted molar refractivity (Wildman–Crippen MR) is 88.4 cm³/mol. The SMILES string of the molecule is COc1cc2nc(NCCN(C)C)n3cnnc3c2cc1OC. The van der Waals surface area contributed by atoms with Crippen LogP contribution >= 0.6 is 0 Å². The van der Waals surface area contributed by atoms with Crippen LogP contribution in [0.3, 0.4) is 0 Å². The summed E-state index contributed by atoms with van der Waals surface area (Å²) in [7, 11) is 7.27. The number of ether oxygens (including phenoxy) is 2. The molecular weight excluding hydrogens is 296 g/mol. The highest BCUT2D eigenvalue weighted by atomic mass is 16.5. The number of aromatic nitrogens is 4. The van der Waals surface area contributed by atoms with Crippen LogP contribution in [-0.2, 0) is 0 Å². The van der Waals surface area contributed by atoms with Crippen molar-refractivity contribution in [3.8, 4) is 11.5 Å². The molecule has 0 aliphatic heterocycles. The molecule has 0 amide bonds. The first-order chi connectivity index (χ1) is 11.1. The summed E-state index contributed by atoms with van der Waals surface area (Å²) in [5.74, 6) is 1.97. The number of anilines is 1. The molecule has 8 heteroatoms. The number of benzene rings is 1. The van der Waals surface area contributed by atoms with Gasteiger partial charge in [-0.25, -0.2) is 4.98 Å². The first-order valence-corrected chi connectivity index (χ1v) is 7.28. The molecule has 0 unspecified atom stereocenters. The zero-order valence-electron chi connectivity index (χ0n) is 13.7. The second-order valence-corrected chi connectivity index (χ2v) is 5.41. The van der Waals surface area contributed by atoms with Crippen LogP contribution < -0.4 is 14.8 Å². The van der Waals surface area contributed by atoms with Crippen molar-refractivity contribution in [1.29, 1.82) is 0 Å². The maximum absolute atomic E-state index is 5.36. The molecule has 0 saturated carbocycles. The molecule has 0 fully saturated rings. The van der Waals surface area contributed by atoms with Gasteiger partial charge in [-0.15, -0.1) is 10.2 Å². The molecule has 0 atom stereocenters. The van der Waals surface area contributed by atoms with Crippen molar-refractivity contribution >= 4 is 22.5 Å². The second kappa shape index (κ2) is 6.25. The number of rotatable bonds is 6. The molecule has 3 rings (SSSR count). The van der Waals surface area contributed by atoms with Crippen molar-refractivity contribution in [1.82, 2.24) is 24.5 Å². The minimum Gasteiger partial charge on any atom is -0.493 e. The molecule has 1 N–H and O–H groups in total. The lowest BCUT2D eigenvalue weighted by atomic mass is 10.2. The Balaban J connectivity index is 2.11. The summed E-state index contributed by atoms with van der Waals surface area (Å²) in [6.45, 7) is 1.67. The molecular formula is C15H20N6O2. The van der Waals surface area contributed by atoms with Crippen LogP contribution in [0.4, 0.5) is 5.95 Å². The molecule has 3 aromatic rings. The molecule has 23 heavy (non-hydrogen) atoms. The highest BCUT2D eigenvalue weighted by Gasteiger charge is 2.14. The molecule has 122 valence electrons. The lowest BCUT2D eigenvalue weighted by molar-refractivity contribution is 0.356. The Bertz CT molecular complexity index is 830. The number of nitrogens with one attached hydrogen (secondary N) is 1. The third-order valence-corrected chi connectivity index (χ3v) is 3.59. The average molecular weight is 316 g/mol. The fraction of sp³-hybridized carbons (Fsp3) is 0.400. The number of likely N-dealkylation sites (N-methyl/N-ethyl adjacent to an activating group) is 1. The fourth-order valence-electron chi connectivity index (χ4n) is 2.40. The number of fused-ring (bicyclic) bond motifs is 3. The normalized spacial score (nSPS) is 11.3. The van der Waals surface area contributed by atoms with Crippen LogP contribution in [0, 0.1) is 0 Å². The Morgan fingerprint density at radius 3 is 2.61 bits per heavy atom. The number of hydrogen-bond donors (Lipinski definition) is 1. The topological polar surface area (TPSA) is 76.8 Å². The van der Waals surface area contributed by atoms with Gasteiger partial charge in [-0.3, -0.25) is 4.40 Å². The second-order valence-electron chi connectivity index (χ2n) is 5.41. The maximum Gasteiger partial charge on any atom is 0.210 e. The Labute approximate surface area is 134 Å². The van der Waals surface area contributed by atoms with Crippen molar-refractivity contribution in [2.24, 2.45) is 0 Å². The smallest absolute Gasteiger partial charge is 0.210 e. The molecule has 0 saturated heterocycles. The quantitative estimate of drug-likeness (QED) is 0.734. The van der Waals surface area contributed by atoms with Gasteiger partial charge in [-0.05, 0) is 20.2 Å². The van der Waals surface area contributed by atoms with Gasteiger partial charge in [-0.1, -0.05) is 0 Å². The zero-order chi connectivity index (χ0) is 16.4. The Hall–Kier alpha value is -2.61. The van der Waals surface area contributed by atoms with E-state index in [4.69, 9.17) is 9.47 Å². The lowest BCUT2D eigenvalue weighted by Crippen LogP contribution is -2.22. The standard InChI is InChI=1S/C15H20N6O2/c1-20(2)6-5-16-15-18-11-8-13(23-4)12(22-3)7-10(11)14-19-17-9-21(14)15/h7-9H,5-6H2,1-4H3,(H,16,18). The lowest BCUT2D eigenvalue weighted by Gasteiger charge is -2.14. The van der Waals surface area contributed by atoms with E-state index < -0.39 is 0 Å². The largest absolute Gasteiger partial charge is 0.493 e. The molecule has 2 aromatic heterocycles. The van der Waals surface area contributed by atoms with Gasteiger partial charge in [0.1, 0.15) is 6.33 Å². The van der Waals surface area contributed by atoms with E-state index in [0.717, 1.165) is 29.6 Å². The highest BCUT2D eigenvalue weighted by Crippen LogP contribution is 2.33. The van der Waals surface area contributed by atoms with Gasteiger partial charge in [0.05, 0.1) is 19.7 Å². The third-order valence-electron chi connectivity index (χ3n) is 3.59. The molecule has 8 nitrogen and oxygen atoms in total. The van der Waals surface area contributed by atoms with Crippen LogP contribution in [0.15, 0.2) is 18.5 Å². The minimum atomic E-state index is 0.635. The summed E-state index contributed by atoms with van der Waals surface area (Å²) in [4.78, 5) is 6.78. The molecule has 0 bridgehead atoms. The molecule has 0 aliphatic rings. The zero-order valence-corrected chi connectivity index (χ0v) is 13.7. The van der Waals surface area contributed by atoms with Gasteiger partial charge in [0.15, 0.2) is 17.1 Å². The summed E-state index contributed by atoms with van der Waals surface area (Å²) in [6, 6.07) is 3.72. The number of methoxy groups -OCH3 is 2. The van der Waals surface area contributed by atoms with Crippen LogP contribution in [-0.4, -0.2) is 65.9 Å². The van der Waals surface area contributed by atoms with Crippen molar-refractivity contribution in [2.75, 3.05) is 46.7 Å². The monoisotopic (exact) mass is 316 g/mol. The van der Waals surface area contributed by atoms with E-state index in [-0.39, 0.29) is 0 Å². The van der Waals surface area contributed by atoms with E-state index in [9.17, 15) is 0 Å². The van der Waals surface area contributed by atoms with E-state index in [0.29, 0.717) is 17.4 Å². The van der Waals surface area contributed by atoms with Gasteiger partial charge in [0, 0.05) is 24.5 Å². The van der Waals surface area contributed by atoms with E-state index in [2.05, 4.69) is 25.4 Å². The highest BCUT2D eigenvalue weighted by molar-refractivity contribution is 5.94. The van der Waals surface area contributed by atoms with Crippen molar-refractivity contribution in [3.63, 3.8) is 0 Å². The van der Waals surface area contributed by atoms with Crippen LogP contribution in [0.2, 0.25) is 0 Å². The molecule has 1 aromatic carbocycles. The van der Waals surface area contributed by atoms with Gasteiger partial charge in [0.25, 0.3) is 0 Å². The number of nitrogens with zero attached hydrogens (tertiary/aromatic N) is 5. The summed E-state index contributed by atoms with van der Waals surface area (Å²) in [5.41, 5.74) is 1.50. The minimum absolute atomic E-state index is 0.635. The van der Waals surface area contributed by atoms with Crippen LogP contribution in [0.1, 0.15) is 0 Å². The van der Waals surface area contributed by atoms with E-state index in [1.54, 1.807) is 20.5 Å². The fourth-order valence-corrected chi connectivity index (χ4v) is 2.40. The molecule has 0 aliphatic carbocycles. The first-order valence-electron chi connectivity index (χ1n) is 7.28. The van der Waals surface area contributed by atoms with E-state index in [1.807, 2.05) is 30.6 Å². The van der Waals surface area contributed by atoms with Gasteiger partial charge in [0.2, 0.25) is 5.95 Å². The van der Waals surface area contributed by atoms with Gasteiger partial charge < -0.3 is 19.7 Å².